The van der Waals surface area contributed by atoms with Crippen molar-refractivity contribution >= 4 is 41.4 Å². The van der Waals surface area contributed by atoms with E-state index in [0.717, 1.165) is 5.56 Å². The molecule has 0 saturated carbocycles. The van der Waals surface area contributed by atoms with Gasteiger partial charge in [0.15, 0.2) is 0 Å². The van der Waals surface area contributed by atoms with Gasteiger partial charge in [0, 0.05) is 66.8 Å². The highest BCUT2D eigenvalue weighted by Crippen LogP contribution is 2.65. The number of amides is 3. The minimum absolute atomic E-state index is 0.0479. The number of nitrogens with zero attached hydrogens (tertiary/aromatic N) is 1. The van der Waals surface area contributed by atoms with E-state index in [2.05, 4.69) is 35.1 Å². The number of hydrogen-bond donors (Lipinski definition) is 5. The summed E-state index contributed by atoms with van der Waals surface area (Å²) in [6.07, 6.45) is 6.73. The van der Waals surface area contributed by atoms with Crippen LogP contribution in [0.3, 0.4) is 0 Å². The molecule has 0 aromatic heterocycles. The fraction of sp³-hybridized carbons (Fsp3) is 0.536. The Balaban J connectivity index is 1.22. The van der Waals surface area contributed by atoms with Crippen molar-refractivity contribution in [2.75, 3.05) is 46.2 Å². The van der Waals surface area contributed by atoms with Crippen molar-refractivity contribution in [3.05, 3.63) is 112 Å². The van der Waals surface area contributed by atoms with Gasteiger partial charge in [0.25, 0.3) is 11.7 Å². The van der Waals surface area contributed by atoms with E-state index in [0.29, 0.717) is 53.7 Å². The summed E-state index contributed by atoms with van der Waals surface area (Å²) in [6, 6.07) is 5.48. The quantitative estimate of drug-likeness (QED) is 0.109. The zero-order chi connectivity index (χ0) is 53.9. The van der Waals surface area contributed by atoms with Gasteiger partial charge < -0.3 is 58.7 Å². The minimum atomic E-state index is -1.90. The van der Waals surface area contributed by atoms with Crippen molar-refractivity contribution in [2.24, 2.45) is 35.0 Å². The monoisotopic (exact) mass is 1040 g/mol. The van der Waals surface area contributed by atoms with Gasteiger partial charge in [0.1, 0.15) is 72.8 Å². The number of allylic oxidation sites excluding steroid dienone is 5. The summed E-state index contributed by atoms with van der Waals surface area (Å²) in [7, 11) is 5.61. The number of carbonyl (C=O) groups is 6. The molecule has 4 fully saturated rings. The summed E-state index contributed by atoms with van der Waals surface area (Å²) in [4.78, 5) is 81.9. The van der Waals surface area contributed by atoms with Crippen LogP contribution in [0.4, 0.5) is 5.69 Å². The van der Waals surface area contributed by atoms with Gasteiger partial charge in [-0.15, -0.1) is 0 Å². The lowest BCUT2D eigenvalue weighted by atomic mass is 9.57. The first-order chi connectivity index (χ1) is 35.6. The molecule has 75 heavy (non-hydrogen) atoms. The highest BCUT2D eigenvalue weighted by Gasteiger charge is 2.74. The van der Waals surface area contributed by atoms with Crippen LogP contribution in [-0.2, 0) is 68.5 Å². The fourth-order valence-corrected chi connectivity index (χ4v) is 12.5. The molecule has 1 aromatic carbocycles. The highest BCUT2D eigenvalue weighted by atomic mass is 16.7. The van der Waals surface area contributed by atoms with Gasteiger partial charge in [0.2, 0.25) is 23.9 Å². The van der Waals surface area contributed by atoms with Crippen LogP contribution >= 0.6 is 0 Å². The number of rotatable bonds is 12. The lowest BCUT2D eigenvalue weighted by molar-refractivity contribution is -0.903. The van der Waals surface area contributed by atoms with Gasteiger partial charge in [0.05, 0.1) is 56.5 Å². The molecule has 1 aromatic rings. The van der Waals surface area contributed by atoms with Gasteiger partial charge in [-0.3, -0.25) is 34.1 Å². The molecule has 8 aliphatic heterocycles. The third kappa shape index (κ3) is 9.83. The van der Waals surface area contributed by atoms with Crippen LogP contribution in [0, 0.1) is 35.0 Å². The number of anilines is 1. The van der Waals surface area contributed by atoms with Gasteiger partial charge in [-0.05, 0) is 56.7 Å². The third-order valence-corrected chi connectivity index (χ3v) is 16.2. The molecule has 3 amide bonds. The number of nitrogens with one attached hydrogen (secondary N) is 4. The Labute approximate surface area is 437 Å². The number of carbonyl (C=O) groups excluding carboxylic acids is 6. The average Bonchev–Trinajstić information content (AvgIpc) is 3.66. The molecule has 402 valence electrons. The number of aliphatic hydroxyl groups is 1. The molecule has 19 nitrogen and oxygen atoms in total. The standard InChI is InChI=1S/C56H69N5O14/c1-28-12-11-13-30(3)54(68)60-46-47(66)41-40-42-51(67)56(7)71-20-18-36(69-10)31(4)48(72-32(5)63)38(23-29(2)22-28)73-52(41)55(6,53(42)75-56)43-37(24-35(64)44-49(43)74-50(46)45(40)59-44)70-21-19-61(8,9)26-33-14-16-34(17-15-33)58-39(65)25-57-27-62/h11-18,20,24,27-29,31,36,38,40,42,44-45,48-49,53,59H,19,21-23,25-26H2,1-10H3,(H3-,57,58,60,62,64,65,68)/p+1/b12-11-,20-18-,30-13+/t28?,29-,31+,36-,38?,40?,42?,44?,45?,48?,49?,53?,55+,56+/m0/s1. The zero-order valence-electron chi connectivity index (χ0n) is 44.2. The first-order valence-corrected chi connectivity index (χ1v) is 25.8. The zero-order valence-corrected chi connectivity index (χ0v) is 44.2. The Morgan fingerprint density at radius 3 is 2.47 bits per heavy atom. The second-order valence-corrected chi connectivity index (χ2v) is 22.3. The number of ketones is 2. The molecule has 0 spiro atoms. The molecule has 19 heteroatoms. The first kappa shape index (κ1) is 53.3. The van der Waals surface area contributed by atoms with E-state index in [1.165, 1.54) is 20.3 Å². The maximum atomic E-state index is 15.9. The molecule has 9 unspecified atom stereocenters. The van der Waals surface area contributed by atoms with E-state index < -0.39 is 95.0 Å². The Morgan fingerprint density at radius 2 is 1.76 bits per heavy atom. The Morgan fingerprint density at radius 1 is 1.01 bits per heavy atom. The maximum Gasteiger partial charge on any atom is 0.303 e. The van der Waals surface area contributed by atoms with Crippen molar-refractivity contribution in [3.63, 3.8) is 0 Å². The van der Waals surface area contributed by atoms with Crippen LogP contribution in [0.1, 0.15) is 66.9 Å². The largest absolute Gasteiger partial charge is 0.510 e. The van der Waals surface area contributed by atoms with Crippen molar-refractivity contribution in [1.29, 1.82) is 0 Å². The molecule has 4 saturated heterocycles. The number of quaternary nitrogens is 1. The van der Waals surface area contributed by atoms with Crippen LogP contribution in [0.2, 0.25) is 0 Å². The molecule has 12 rings (SSSR count). The van der Waals surface area contributed by atoms with E-state index in [9.17, 15) is 24.3 Å². The molecule has 8 heterocycles. The number of benzene rings is 1. The van der Waals surface area contributed by atoms with Crippen LogP contribution in [0.5, 0.6) is 0 Å². The normalized spacial score (nSPS) is 36.6. The second-order valence-electron chi connectivity index (χ2n) is 22.3. The molecule has 5 N–H and O–H groups in total. The smallest absolute Gasteiger partial charge is 0.303 e. The maximum absolute atomic E-state index is 15.9. The fourth-order valence-electron chi connectivity index (χ4n) is 12.5. The minimum Gasteiger partial charge on any atom is -0.510 e. The van der Waals surface area contributed by atoms with Crippen molar-refractivity contribution in [2.45, 2.75) is 116 Å². The number of hydrogen-bond acceptors (Lipinski definition) is 15. The predicted octanol–water partition coefficient (Wildman–Crippen LogP) is 4.59. The molecule has 11 aliphatic rings. The topological polar surface area (TPSA) is 235 Å². The SMILES string of the molecule is CO[C@H]1/C=C\O[C@]2(C)OC3C(C2=O)C2C4=C5OC(C[C@@H](C)CC(C)/C=C\C=C(/C)C(=O)NC(=C6OC7C(=C(OCC[N+](C)(C)Cc8ccc(NC(=O)CNC=O)cc8)C=C(O)C7NC62)[C@]53C)C4=O)C(OC(C)=O)[C@@H]1C. The summed E-state index contributed by atoms with van der Waals surface area (Å²) >= 11 is 0. The van der Waals surface area contributed by atoms with Gasteiger partial charge >= 0.3 is 5.97 Å². The number of Topliss-reactive ketones (excluding diaryl/α,β-unsaturated/α-hetero) is 2. The Bertz CT molecular complexity index is 2760. The van der Waals surface area contributed by atoms with E-state index in [1.807, 2.05) is 52.2 Å². The average molecular weight is 1040 g/mol. The van der Waals surface area contributed by atoms with Crippen molar-refractivity contribution < 1.29 is 71.5 Å². The van der Waals surface area contributed by atoms with Gasteiger partial charge in [-0.2, -0.15) is 0 Å². The lowest BCUT2D eigenvalue weighted by Crippen LogP contribution is -2.62. The number of ether oxygens (including phenoxy) is 7. The summed E-state index contributed by atoms with van der Waals surface area (Å²) < 4.78 is 47.9. The van der Waals surface area contributed by atoms with Crippen LogP contribution < -0.4 is 21.3 Å². The van der Waals surface area contributed by atoms with Crippen LogP contribution in [0.15, 0.2) is 106 Å². The van der Waals surface area contributed by atoms with E-state index in [1.54, 1.807) is 44.2 Å². The molecule has 14 atom stereocenters. The van der Waals surface area contributed by atoms with Crippen molar-refractivity contribution in [1.82, 2.24) is 16.0 Å². The Kier molecular flexibility index (Phi) is 14.6. The predicted molar refractivity (Wildman–Crippen MR) is 271 cm³/mol. The molecule has 0 radical (unpaired) electrons. The third-order valence-electron chi connectivity index (χ3n) is 16.2. The number of morpholine rings is 1. The second kappa shape index (κ2) is 20.5. The number of fused-ring (bicyclic) bond motifs is 2. The number of esters is 1. The molecule has 13 bridgehead atoms. The van der Waals surface area contributed by atoms with E-state index in [4.69, 9.17) is 33.2 Å². The molecular weight excluding hydrogens is 967 g/mol. The summed E-state index contributed by atoms with van der Waals surface area (Å²) in [5, 5.41) is 23.8. The van der Waals surface area contributed by atoms with E-state index >= 15 is 9.59 Å². The molecular formula is C56H70N5O14+. The number of aliphatic hydroxyl groups excluding tert-OH is 1. The van der Waals surface area contributed by atoms with Crippen molar-refractivity contribution in [3.8, 4) is 0 Å². The number of methoxy groups -OCH3 is 1. The van der Waals surface area contributed by atoms with Gasteiger partial charge in [-0.1, -0.05) is 51.1 Å². The Hall–Kier alpha value is -6.54. The lowest BCUT2D eigenvalue weighted by Gasteiger charge is -2.49. The summed E-state index contributed by atoms with van der Waals surface area (Å²) in [6.45, 7) is 13.4. The van der Waals surface area contributed by atoms with E-state index in [-0.39, 0.29) is 65.2 Å². The number of likely N-dealkylation sites (N-methyl/N-ethyl adjacent to an activating group) is 1. The van der Waals surface area contributed by atoms with Crippen LogP contribution in [-0.4, -0.2) is 135 Å². The molecule has 3 aliphatic carbocycles. The highest BCUT2D eigenvalue weighted by molar-refractivity contribution is 6.14. The van der Waals surface area contributed by atoms with Crippen LogP contribution in [0.25, 0.3) is 0 Å². The van der Waals surface area contributed by atoms with Gasteiger partial charge in [-0.25, -0.2) is 0 Å². The summed E-state index contributed by atoms with van der Waals surface area (Å²) in [5.74, 6) is -6.87. The first-order valence-electron chi connectivity index (χ1n) is 25.8. The summed E-state index contributed by atoms with van der Waals surface area (Å²) in [5.41, 5.74) is 0.623.